The van der Waals surface area contributed by atoms with E-state index in [1.54, 1.807) is 31.2 Å². The van der Waals surface area contributed by atoms with Gasteiger partial charge < -0.3 is 18.9 Å². The number of esters is 1. The lowest BCUT2D eigenvalue weighted by Crippen LogP contribution is -2.40. The molecule has 198 valence electrons. The molecule has 0 fully saturated rings. The van der Waals surface area contributed by atoms with Crippen LogP contribution in [0.1, 0.15) is 43.9 Å². The Labute approximate surface area is 235 Å². The summed E-state index contributed by atoms with van der Waals surface area (Å²) in [4.78, 5) is 32.6. The molecule has 0 radical (unpaired) electrons. The number of nitrogens with zero attached hydrogens (tertiary/aromatic N) is 2. The van der Waals surface area contributed by atoms with E-state index in [0.717, 1.165) is 16.5 Å². The van der Waals surface area contributed by atoms with Gasteiger partial charge in [-0.15, -0.1) is 0 Å². The molecule has 0 saturated heterocycles. The number of aromatic nitrogens is 1. The molecule has 0 bridgehead atoms. The van der Waals surface area contributed by atoms with E-state index in [0.29, 0.717) is 54.9 Å². The van der Waals surface area contributed by atoms with Crippen LogP contribution in [0.25, 0.3) is 6.08 Å². The van der Waals surface area contributed by atoms with Crippen molar-refractivity contribution in [1.29, 1.82) is 0 Å². The van der Waals surface area contributed by atoms with Crippen LogP contribution in [0.4, 0.5) is 0 Å². The maximum atomic E-state index is 14.0. The highest BCUT2D eigenvalue weighted by Gasteiger charge is 2.36. The molecule has 3 heterocycles. The molecule has 5 rings (SSSR count). The van der Waals surface area contributed by atoms with Gasteiger partial charge in [0, 0.05) is 15.1 Å². The van der Waals surface area contributed by atoms with Crippen molar-refractivity contribution in [2.45, 2.75) is 32.7 Å². The zero-order valence-electron chi connectivity index (χ0n) is 20.9. The molecule has 0 saturated carbocycles. The largest absolute Gasteiger partial charge is 0.496 e. The van der Waals surface area contributed by atoms with Crippen molar-refractivity contribution in [2.24, 2.45) is 4.99 Å². The van der Waals surface area contributed by atoms with E-state index < -0.39 is 12.0 Å². The lowest BCUT2D eigenvalue weighted by atomic mass is 9.93. The predicted molar refractivity (Wildman–Crippen MR) is 148 cm³/mol. The number of hydrogen-bond acceptors (Lipinski definition) is 8. The number of hydrogen-bond donors (Lipinski definition) is 0. The summed E-state index contributed by atoms with van der Waals surface area (Å²) in [5.74, 6) is 1.20. The van der Waals surface area contributed by atoms with Crippen LogP contribution in [0.15, 0.2) is 55.9 Å². The van der Waals surface area contributed by atoms with E-state index in [1.165, 1.54) is 23.0 Å². The summed E-state index contributed by atoms with van der Waals surface area (Å²) in [5.41, 5.74) is 1.90. The number of thiazole rings is 1. The van der Waals surface area contributed by atoms with Gasteiger partial charge in [0.2, 0.25) is 6.79 Å². The average molecular weight is 620 g/mol. The molecule has 2 aliphatic heterocycles. The minimum atomic E-state index is -0.831. The van der Waals surface area contributed by atoms with Crippen LogP contribution < -0.4 is 29.1 Å². The van der Waals surface area contributed by atoms with Gasteiger partial charge >= 0.3 is 5.97 Å². The fraction of sp³-hybridized carbons (Fsp3) is 0.296. The standard InChI is InChI=1S/C27H24BrClN2O6S/c1-4-6-18-23(26(33)35-5-2)24(16-11-15(29)7-8-19(16)34-3)31-25(32)22(38-27(31)30-18)10-14-9-20-21(12-17(14)28)37-13-36-20/h7-12,24H,4-6,13H2,1-3H3/b22-10+/t24-/m0/s1. The Morgan fingerprint density at radius 3 is 2.74 bits per heavy atom. The van der Waals surface area contributed by atoms with Crippen molar-refractivity contribution < 1.29 is 23.7 Å². The van der Waals surface area contributed by atoms with Crippen molar-refractivity contribution in [3.8, 4) is 17.2 Å². The molecule has 3 aromatic rings. The van der Waals surface area contributed by atoms with Crippen molar-refractivity contribution in [1.82, 2.24) is 4.57 Å². The third-order valence-corrected chi connectivity index (χ3v) is 8.06. The van der Waals surface area contributed by atoms with Crippen LogP contribution >= 0.6 is 38.9 Å². The number of carbonyl (C=O) groups is 1. The number of allylic oxidation sites excluding steroid dienone is 1. The first-order chi connectivity index (χ1) is 18.4. The quantitative estimate of drug-likeness (QED) is 0.356. The summed E-state index contributed by atoms with van der Waals surface area (Å²) in [7, 11) is 1.54. The fourth-order valence-corrected chi connectivity index (χ4v) is 6.15. The van der Waals surface area contributed by atoms with Gasteiger partial charge in [0.15, 0.2) is 16.3 Å². The Hall–Kier alpha value is -3.08. The molecule has 0 spiro atoms. The third-order valence-electron chi connectivity index (χ3n) is 6.16. The maximum Gasteiger partial charge on any atom is 0.338 e. The first-order valence-electron chi connectivity index (χ1n) is 12.0. The van der Waals surface area contributed by atoms with E-state index in [9.17, 15) is 9.59 Å². The fourth-order valence-electron chi connectivity index (χ4n) is 4.52. The second-order valence-corrected chi connectivity index (χ2v) is 10.8. The smallest absolute Gasteiger partial charge is 0.338 e. The molecule has 1 aromatic heterocycles. The lowest BCUT2D eigenvalue weighted by molar-refractivity contribution is -0.139. The molecule has 0 N–H and O–H groups in total. The normalized spacial score (nSPS) is 16.3. The molecule has 0 unspecified atom stereocenters. The van der Waals surface area contributed by atoms with Gasteiger partial charge in [-0.1, -0.05) is 52.2 Å². The van der Waals surface area contributed by atoms with E-state index in [4.69, 9.17) is 35.5 Å². The Morgan fingerprint density at radius 1 is 1.26 bits per heavy atom. The van der Waals surface area contributed by atoms with E-state index >= 15 is 0 Å². The molecule has 11 heteroatoms. The molecular formula is C27H24BrClN2O6S. The minimum Gasteiger partial charge on any atom is -0.496 e. The molecule has 38 heavy (non-hydrogen) atoms. The molecule has 2 aliphatic rings. The number of halogens is 2. The number of fused-ring (bicyclic) bond motifs is 2. The molecule has 8 nitrogen and oxygen atoms in total. The van der Waals surface area contributed by atoms with Crippen LogP contribution in [0.2, 0.25) is 5.02 Å². The van der Waals surface area contributed by atoms with Crippen molar-refractivity contribution >= 4 is 50.9 Å². The van der Waals surface area contributed by atoms with Crippen molar-refractivity contribution in [3.05, 3.63) is 81.9 Å². The Kier molecular flexibility index (Phi) is 7.65. The summed E-state index contributed by atoms with van der Waals surface area (Å²) in [6.45, 7) is 4.08. The zero-order valence-corrected chi connectivity index (χ0v) is 24.0. The number of ether oxygens (including phenoxy) is 4. The summed E-state index contributed by atoms with van der Waals surface area (Å²) in [5, 5.41) is 0.449. The first kappa shape index (κ1) is 26.5. The number of benzene rings is 2. The van der Waals surface area contributed by atoms with E-state index in [-0.39, 0.29) is 19.0 Å². The molecule has 1 atom stereocenters. The molecule has 2 aromatic carbocycles. The minimum absolute atomic E-state index is 0.145. The van der Waals surface area contributed by atoms with E-state index in [2.05, 4.69) is 15.9 Å². The van der Waals surface area contributed by atoms with Crippen LogP contribution in [0, 0.1) is 0 Å². The topological polar surface area (TPSA) is 88.4 Å². The van der Waals surface area contributed by atoms with Gasteiger partial charge in [-0.3, -0.25) is 9.36 Å². The average Bonchev–Trinajstić information content (AvgIpc) is 3.47. The van der Waals surface area contributed by atoms with Gasteiger partial charge in [-0.25, -0.2) is 9.79 Å². The summed E-state index contributed by atoms with van der Waals surface area (Å²) in [6, 6.07) is 7.93. The van der Waals surface area contributed by atoms with Gasteiger partial charge in [0.25, 0.3) is 5.56 Å². The summed E-state index contributed by atoms with van der Waals surface area (Å²) >= 11 is 11.2. The third kappa shape index (κ3) is 4.76. The first-order valence-corrected chi connectivity index (χ1v) is 14.0. The highest BCUT2D eigenvalue weighted by atomic mass is 79.9. The van der Waals surface area contributed by atoms with Crippen molar-refractivity contribution in [3.63, 3.8) is 0 Å². The predicted octanol–water partition coefficient (Wildman–Crippen LogP) is 4.73. The van der Waals surface area contributed by atoms with Gasteiger partial charge in [0.1, 0.15) is 11.8 Å². The SMILES string of the molecule is CCCC1=C(C(=O)OCC)[C@H](c2cc(Cl)ccc2OC)n2c(s/c(=C/c3cc4c(cc3Br)OCO4)c2=O)=N1. The number of rotatable bonds is 7. The van der Waals surface area contributed by atoms with Crippen LogP contribution in [0.3, 0.4) is 0 Å². The van der Waals surface area contributed by atoms with Crippen LogP contribution in [-0.2, 0) is 9.53 Å². The van der Waals surface area contributed by atoms with Crippen LogP contribution in [-0.4, -0.2) is 31.0 Å². The lowest BCUT2D eigenvalue weighted by Gasteiger charge is -2.27. The van der Waals surface area contributed by atoms with Gasteiger partial charge in [0.05, 0.1) is 29.5 Å². The summed E-state index contributed by atoms with van der Waals surface area (Å²) < 4.78 is 24.8. The number of carbonyl (C=O) groups excluding carboxylic acids is 1. The second kappa shape index (κ2) is 11.0. The Bertz CT molecular complexity index is 1640. The highest BCUT2D eigenvalue weighted by Crippen LogP contribution is 2.39. The van der Waals surface area contributed by atoms with Crippen LogP contribution in [0.5, 0.6) is 17.2 Å². The molecular weight excluding hydrogens is 596 g/mol. The Balaban J connectivity index is 1.79. The highest BCUT2D eigenvalue weighted by molar-refractivity contribution is 9.10. The summed E-state index contributed by atoms with van der Waals surface area (Å²) in [6.07, 6.45) is 3.06. The molecule has 0 amide bonds. The van der Waals surface area contributed by atoms with Crippen molar-refractivity contribution in [2.75, 3.05) is 20.5 Å². The second-order valence-electron chi connectivity index (χ2n) is 8.53. The Morgan fingerprint density at radius 2 is 2.03 bits per heavy atom. The van der Waals surface area contributed by atoms with E-state index in [1.807, 2.05) is 19.1 Å². The van der Waals surface area contributed by atoms with Gasteiger partial charge in [-0.05, 0) is 55.3 Å². The van der Waals surface area contributed by atoms with Gasteiger partial charge in [-0.2, -0.15) is 0 Å². The monoisotopic (exact) mass is 618 g/mol. The maximum absolute atomic E-state index is 14.0. The molecule has 0 aliphatic carbocycles. The zero-order chi connectivity index (χ0) is 27.0. The number of methoxy groups -OCH3 is 1.